The summed E-state index contributed by atoms with van der Waals surface area (Å²) in [4.78, 5) is 43.9. The van der Waals surface area contributed by atoms with Gasteiger partial charge in [0.05, 0.1) is 18.1 Å². The topological polar surface area (TPSA) is 114 Å². The molecular formula is C24H22N8O2. The SMILES string of the molecule is Cc1cccc(-n2c(C3CCCN3c3ncnc4[nH]cnc(=O)c34)nn3ccc(C)c3c2=O)c1. The molecule has 1 aliphatic heterocycles. The first-order valence-electron chi connectivity index (χ1n) is 11.2. The Kier molecular flexibility index (Phi) is 4.54. The van der Waals surface area contributed by atoms with Crippen LogP contribution in [0.5, 0.6) is 0 Å². The van der Waals surface area contributed by atoms with Crippen LogP contribution < -0.4 is 16.0 Å². The number of hydrogen-bond acceptors (Lipinski definition) is 7. The van der Waals surface area contributed by atoms with Crippen molar-refractivity contribution < 1.29 is 0 Å². The second kappa shape index (κ2) is 7.62. The van der Waals surface area contributed by atoms with E-state index in [1.165, 1.54) is 12.7 Å². The van der Waals surface area contributed by atoms with Gasteiger partial charge >= 0.3 is 0 Å². The molecule has 0 spiro atoms. The van der Waals surface area contributed by atoms with Crippen LogP contribution in [0, 0.1) is 13.8 Å². The molecule has 1 N–H and O–H groups in total. The molecule has 10 heteroatoms. The Balaban J connectivity index is 1.62. The Hall–Kier alpha value is -4.34. The average molecular weight is 454 g/mol. The highest BCUT2D eigenvalue weighted by Crippen LogP contribution is 2.36. The molecule has 0 amide bonds. The molecule has 5 heterocycles. The molecule has 0 saturated carbocycles. The summed E-state index contributed by atoms with van der Waals surface area (Å²) >= 11 is 0. The molecule has 6 rings (SSSR count). The van der Waals surface area contributed by atoms with E-state index in [-0.39, 0.29) is 11.6 Å². The van der Waals surface area contributed by atoms with E-state index in [1.807, 2.05) is 55.3 Å². The third kappa shape index (κ3) is 3.02. The summed E-state index contributed by atoms with van der Waals surface area (Å²) in [5.41, 5.74) is 3.12. The van der Waals surface area contributed by atoms with Gasteiger partial charge in [-0.1, -0.05) is 12.1 Å². The molecule has 0 radical (unpaired) electrons. The smallest absolute Gasteiger partial charge is 0.285 e. The molecule has 1 unspecified atom stereocenters. The van der Waals surface area contributed by atoms with E-state index < -0.39 is 5.56 Å². The minimum atomic E-state index is -0.393. The van der Waals surface area contributed by atoms with Crippen LogP contribution >= 0.6 is 0 Å². The maximum atomic E-state index is 13.8. The van der Waals surface area contributed by atoms with Crippen LogP contribution in [0.4, 0.5) is 5.82 Å². The fraction of sp³-hybridized carbons (Fsp3) is 0.250. The van der Waals surface area contributed by atoms with Crippen LogP contribution in [-0.2, 0) is 0 Å². The number of aromatic nitrogens is 7. The molecule has 4 aromatic heterocycles. The minimum absolute atomic E-state index is 0.128. The number of anilines is 1. The van der Waals surface area contributed by atoms with E-state index in [4.69, 9.17) is 5.10 Å². The first kappa shape index (κ1) is 20.3. The summed E-state index contributed by atoms with van der Waals surface area (Å²) in [6.45, 7) is 4.57. The van der Waals surface area contributed by atoms with Gasteiger partial charge in [-0.2, -0.15) is 10.1 Å². The van der Waals surface area contributed by atoms with Crippen LogP contribution in [0.15, 0.2) is 58.8 Å². The quantitative estimate of drug-likeness (QED) is 0.445. The summed E-state index contributed by atoms with van der Waals surface area (Å²) in [6, 6.07) is 9.46. The van der Waals surface area contributed by atoms with Crippen LogP contribution in [0.25, 0.3) is 22.2 Å². The molecule has 10 nitrogen and oxygen atoms in total. The van der Waals surface area contributed by atoms with Gasteiger partial charge in [-0.25, -0.2) is 14.5 Å². The fourth-order valence-corrected chi connectivity index (χ4v) is 4.87. The highest BCUT2D eigenvalue weighted by atomic mass is 16.1. The van der Waals surface area contributed by atoms with E-state index in [9.17, 15) is 9.59 Å². The van der Waals surface area contributed by atoms with Gasteiger partial charge in [0, 0.05) is 12.7 Å². The molecule has 1 saturated heterocycles. The molecule has 34 heavy (non-hydrogen) atoms. The molecule has 1 aromatic carbocycles. The molecule has 0 aliphatic carbocycles. The van der Waals surface area contributed by atoms with Crippen molar-refractivity contribution in [1.29, 1.82) is 0 Å². The zero-order chi connectivity index (χ0) is 23.4. The standard InChI is InChI=1S/C24H22N8O2/c1-14-5-3-6-16(11-14)32-21(29-31-10-8-15(2)19(31)24(32)34)17-7-4-9-30(17)22-18-20(25-12-27-22)26-13-28-23(18)33/h3,5-6,8,10-13,17H,4,7,9H2,1-2H3,(H,25,26,27,28,33). The summed E-state index contributed by atoms with van der Waals surface area (Å²) in [5.74, 6) is 1.10. The fourth-order valence-electron chi connectivity index (χ4n) is 4.87. The number of rotatable bonds is 3. The molecule has 0 bridgehead atoms. The summed E-state index contributed by atoms with van der Waals surface area (Å²) in [5, 5.41) is 5.25. The van der Waals surface area contributed by atoms with E-state index in [1.54, 1.807) is 9.08 Å². The maximum absolute atomic E-state index is 13.8. The molecule has 1 fully saturated rings. The van der Waals surface area contributed by atoms with Crippen LogP contribution in [0.3, 0.4) is 0 Å². The number of aryl methyl sites for hydroxylation is 2. The van der Waals surface area contributed by atoms with Crippen LogP contribution in [0.2, 0.25) is 0 Å². The molecule has 170 valence electrons. The van der Waals surface area contributed by atoms with Crippen LogP contribution in [-0.4, -0.2) is 40.7 Å². The summed E-state index contributed by atoms with van der Waals surface area (Å²) in [6.07, 6.45) is 6.20. The predicted molar refractivity (Wildman–Crippen MR) is 128 cm³/mol. The number of hydrogen-bond donors (Lipinski definition) is 1. The molecule has 1 atom stereocenters. The van der Waals surface area contributed by atoms with E-state index in [0.717, 1.165) is 29.7 Å². The highest BCUT2D eigenvalue weighted by molar-refractivity contribution is 5.85. The van der Waals surface area contributed by atoms with Crippen molar-refractivity contribution in [2.24, 2.45) is 0 Å². The number of nitrogens with one attached hydrogen (secondary N) is 1. The first-order chi connectivity index (χ1) is 16.5. The van der Waals surface area contributed by atoms with Crippen LogP contribution in [0.1, 0.15) is 35.8 Å². The Morgan fingerprint density at radius 2 is 1.97 bits per heavy atom. The molecule has 1 aliphatic rings. The lowest BCUT2D eigenvalue weighted by Crippen LogP contribution is -2.34. The van der Waals surface area contributed by atoms with Crippen molar-refractivity contribution in [3.05, 3.63) is 86.8 Å². The van der Waals surface area contributed by atoms with E-state index in [2.05, 4.69) is 19.9 Å². The van der Waals surface area contributed by atoms with Gasteiger partial charge in [-0.3, -0.25) is 14.2 Å². The number of benzene rings is 1. The number of H-pyrrole nitrogens is 1. The Morgan fingerprint density at radius 3 is 2.82 bits per heavy atom. The van der Waals surface area contributed by atoms with E-state index >= 15 is 0 Å². The van der Waals surface area contributed by atoms with Crippen molar-refractivity contribution in [2.45, 2.75) is 32.7 Å². The number of fused-ring (bicyclic) bond motifs is 2. The maximum Gasteiger partial charge on any atom is 0.285 e. The second-order valence-electron chi connectivity index (χ2n) is 8.61. The Bertz CT molecular complexity index is 1680. The Morgan fingerprint density at radius 1 is 1.09 bits per heavy atom. The van der Waals surface area contributed by atoms with E-state index in [0.29, 0.717) is 34.7 Å². The van der Waals surface area contributed by atoms with Gasteiger partial charge in [0.1, 0.15) is 28.7 Å². The lowest BCUT2D eigenvalue weighted by atomic mass is 10.1. The lowest BCUT2D eigenvalue weighted by Gasteiger charge is -2.27. The van der Waals surface area contributed by atoms with Gasteiger partial charge < -0.3 is 9.88 Å². The normalized spacial score (nSPS) is 16.1. The largest absolute Gasteiger partial charge is 0.345 e. The predicted octanol–water partition coefficient (Wildman–Crippen LogP) is 2.47. The third-order valence-corrected chi connectivity index (χ3v) is 6.42. The third-order valence-electron chi connectivity index (χ3n) is 6.42. The summed E-state index contributed by atoms with van der Waals surface area (Å²) < 4.78 is 3.35. The van der Waals surface area contributed by atoms with Gasteiger partial charge in [0.25, 0.3) is 11.1 Å². The van der Waals surface area contributed by atoms with Gasteiger partial charge in [-0.15, -0.1) is 0 Å². The number of aromatic amines is 1. The molecule has 5 aromatic rings. The minimum Gasteiger partial charge on any atom is -0.345 e. The molecular weight excluding hydrogens is 432 g/mol. The first-order valence-corrected chi connectivity index (χ1v) is 11.2. The van der Waals surface area contributed by atoms with Gasteiger partial charge in [0.15, 0.2) is 5.82 Å². The highest BCUT2D eigenvalue weighted by Gasteiger charge is 2.34. The number of nitrogens with zero attached hydrogens (tertiary/aromatic N) is 7. The Labute approximate surface area is 193 Å². The van der Waals surface area contributed by atoms with Crippen molar-refractivity contribution in [3.63, 3.8) is 0 Å². The van der Waals surface area contributed by atoms with Crippen molar-refractivity contribution >= 4 is 22.4 Å². The van der Waals surface area contributed by atoms with Gasteiger partial charge in [-0.05, 0) is 56.0 Å². The zero-order valence-corrected chi connectivity index (χ0v) is 18.8. The zero-order valence-electron chi connectivity index (χ0n) is 18.8. The van der Waals surface area contributed by atoms with Crippen molar-refractivity contribution in [3.8, 4) is 5.69 Å². The van der Waals surface area contributed by atoms with Crippen molar-refractivity contribution in [1.82, 2.24) is 34.1 Å². The second-order valence-corrected chi connectivity index (χ2v) is 8.61. The monoisotopic (exact) mass is 454 g/mol. The summed E-state index contributed by atoms with van der Waals surface area (Å²) in [7, 11) is 0. The lowest BCUT2D eigenvalue weighted by molar-refractivity contribution is 0.601. The van der Waals surface area contributed by atoms with Gasteiger partial charge in [0.2, 0.25) is 0 Å². The average Bonchev–Trinajstić information content (AvgIpc) is 3.46. The van der Waals surface area contributed by atoms with Crippen molar-refractivity contribution in [2.75, 3.05) is 11.4 Å².